The van der Waals surface area contributed by atoms with E-state index < -0.39 is 0 Å². The minimum atomic E-state index is -0.00574. The molecule has 1 aromatic heterocycles. The van der Waals surface area contributed by atoms with Crippen LogP contribution < -0.4 is 10.6 Å². The Balaban J connectivity index is 2.19. The number of amides is 1. The van der Waals surface area contributed by atoms with Crippen molar-refractivity contribution < 1.29 is 4.79 Å². The first-order valence-electron chi connectivity index (χ1n) is 6.73. The molecule has 0 aliphatic carbocycles. The lowest BCUT2D eigenvalue weighted by molar-refractivity contribution is -0.119. The zero-order valence-electron chi connectivity index (χ0n) is 11.4. The number of fused-ring (bicyclic) bond motifs is 1. The molecule has 5 heteroatoms. The fourth-order valence-electron chi connectivity index (χ4n) is 2.34. The van der Waals surface area contributed by atoms with Crippen molar-refractivity contribution in [2.45, 2.75) is 39.7 Å². The Hall–Kier alpha value is -1.38. The van der Waals surface area contributed by atoms with Gasteiger partial charge in [-0.25, -0.2) is 0 Å². The summed E-state index contributed by atoms with van der Waals surface area (Å²) in [6.45, 7) is 5.70. The number of rotatable bonds is 4. The van der Waals surface area contributed by atoms with Crippen LogP contribution in [-0.2, 0) is 17.8 Å². The normalized spacial score (nSPS) is 15.4. The summed E-state index contributed by atoms with van der Waals surface area (Å²) < 4.78 is 0. The van der Waals surface area contributed by atoms with E-state index in [1.807, 2.05) is 6.92 Å². The van der Waals surface area contributed by atoms with Gasteiger partial charge in [-0.1, -0.05) is 20.3 Å². The maximum absolute atomic E-state index is 12.1. The molecule has 4 nitrogen and oxygen atoms in total. The first kappa shape index (κ1) is 14.0. The average Bonchev–Trinajstić information content (AvgIpc) is 2.75. The number of nitrogens with zero attached hydrogens (tertiary/aromatic N) is 1. The standard InChI is InChI=1S/C14H19N3OS/c1-3-4-9(2)13(18)17-14-11(7-15)10-5-6-16-8-12(10)19-14/h9,16H,3-6,8H2,1-2H3,(H,17,18). The van der Waals surface area contributed by atoms with E-state index in [1.54, 1.807) is 0 Å². The summed E-state index contributed by atoms with van der Waals surface area (Å²) in [6, 6.07) is 2.25. The molecular weight excluding hydrogens is 258 g/mol. The van der Waals surface area contributed by atoms with Gasteiger partial charge >= 0.3 is 0 Å². The number of carbonyl (C=O) groups excluding carboxylic acids is 1. The van der Waals surface area contributed by atoms with Gasteiger partial charge in [0.2, 0.25) is 5.91 Å². The molecule has 0 spiro atoms. The number of thiophene rings is 1. The van der Waals surface area contributed by atoms with Gasteiger partial charge in [0.25, 0.3) is 0 Å². The van der Waals surface area contributed by atoms with Crippen LogP contribution in [0.4, 0.5) is 5.00 Å². The van der Waals surface area contributed by atoms with E-state index in [4.69, 9.17) is 0 Å². The van der Waals surface area contributed by atoms with E-state index in [1.165, 1.54) is 16.2 Å². The molecule has 2 rings (SSSR count). The van der Waals surface area contributed by atoms with Gasteiger partial charge in [0.15, 0.2) is 0 Å². The van der Waals surface area contributed by atoms with E-state index in [0.29, 0.717) is 5.56 Å². The molecule has 0 saturated heterocycles. The van der Waals surface area contributed by atoms with Gasteiger partial charge in [-0.2, -0.15) is 5.26 Å². The molecule has 0 radical (unpaired) electrons. The molecule has 2 N–H and O–H groups in total. The second kappa shape index (κ2) is 6.18. The van der Waals surface area contributed by atoms with Gasteiger partial charge in [0.05, 0.1) is 5.56 Å². The molecule has 0 fully saturated rings. The summed E-state index contributed by atoms with van der Waals surface area (Å²) in [4.78, 5) is 13.2. The molecule has 1 atom stereocenters. The highest BCUT2D eigenvalue weighted by molar-refractivity contribution is 7.16. The van der Waals surface area contributed by atoms with Crippen LogP contribution in [0.15, 0.2) is 0 Å². The van der Waals surface area contributed by atoms with Gasteiger partial charge < -0.3 is 10.6 Å². The van der Waals surface area contributed by atoms with E-state index in [0.717, 1.165) is 42.9 Å². The fraction of sp³-hybridized carbons (Fsp3) is 0.571. The summed E-state index contributed by atoms with van der Waals surface area (Å²) >= 11 is 1.53. The van der Waals surface area contributed by atoms with Gasteiger partial charge in [-0.3, -0.25) is 4.79 Å². The van der Waals surface area contributed by atoms with Gasteiger partial charge in [0.1, 0.15) is 11.1 Å². The van der Waals surface area contributed by atoms with Crippen molar-refractivity contribution in [1.82, 2.24) is 5.32 Å². The lowest BCUT2D eigenvalue weighted by atomic mass is 10.0. The quantitative estimate of drug-likeness (QED) is 0.889. The molecule has 1 aromatic rings. The van der Waals surface area contributed by atoms with Crippen molar-refractivity contribution in [2.75, 3.05) is 11.9 Å². The zero-order chi connectivity index (χ0) is 13.8. The Morgan fingerprint density at radius 3 is 3.11 bits per heavy atom. The van der Waals surface area contributed by atoms with Gasteiger partial charge in [-0.15, -0.1) is 11.3 Å². The predicted octanol–water partition coefficient (Wildman–Crippen LogP) is 2.64. The van der Waals surface area contributed by atoms with Crippen LogP contribution in [0.1, 0.15) is 42.7 Å². The first-order valence-corrected chi connectivity index (χ1v) is 7.55. The predicted molar refractivity (Wildman–Crippen MR) is 77.1 cm³/mol. The van der Waals surface area contributed by atoms with Crippen molar-refractivity contribution in [2.24, 2.45) is 5.92 Å². The molecule has 2 heterocycles. The highest BCUT2D eigenvalue weighted by atomic mass is 32.1. The maximum Gasteiger partial charge on any atom is 0.227 e. The van der Waals surface area contributed by atoms with Crippen LogP contribution in [0.5, 0.6) is 0 Å². The zero-order valence-corrected chi connectivity index (χ0v) is 12.2. The molecule has 1 amide bonds. The van der Waals surface area contributed by atoms with Crippen LogP contribution in [0.3, 0.4) is 0 Å². The Morgan fingerprint density at radius 1 is 1.63 bits per heavy atom. The first-order chi connectivity index (χ1) is 9.17. The lowest BCUT2D eigenvalue weighted by Crippen LogP contribution is -2.22. The molecule has 19 heavy (non-hydrogen) atoms. The number of nitrogens with one attached hydrogen (secondary N) is 2. The van der Waals surface area contributed by atoms with Crippen LogP contribution in [0, 0.1) is 17.2 Å². The highest BCUT2D eigenvalue weighted by Gasteiger charge is 2.22. The van der Waals surface area contributed by atoms with E-state index in [-0.39, 0.29) is 11.8 Å². The minimum Gasteiger partial charge on any atom is -0.316 e. The second-order valence-electron chi connectivity index (χ2n) is 4.93. The van der Waals surface area contributed by atoms with E-state index >= 15 is 0 Å². The number of nitriles is 1. The second-order valence-corrected chi connectivity index (χ2v) is 6.03. The van der Waals surface area contributed by atoms with E-state index in [9.17, 15) is 10.1 Å². The lowest BCUT2D eigenvalue weighted by Gasteiger charge is -2.11. The third-order valence-electron chi connectivity index (χ3n) is 3.45. The third-order valence-corrected chi connectivity index (χ3v) is 4.59. The van der Waals surface area contributed by atoms with Crippen LogP contribution in [0.25, 0.3) is 0 Å². The van der Waals surface area contributed by atoms with Crippen molar-refractivity contribution in [3.05, 3.63) is 16.0 Å². The van der Waals surface area contributed by atoms with Crippen LogP contribution in [0.2, 0.25) is 0 Å². The summed E-state index contributed by atoms with van der Waals surface area (Å²) in [7, 11) is 0. The SMILES string of the molecule is CCCC(C)C(=O)Nc1sc2c(c1C#N)CCNC2. The number of hydrogen-bond acceptors (Lipinski definition) is 4. The molecule has 0 aromatic carbocycles. The molecule has 0 saturated carbocycles. The monoisotopic (exact) mass is 277 g/mol. The van der Waals surface area contributed by atoms with Crippen molar-refractivity contribution in [3.63, 3.8) is 0 Å². The van der Waals surface area contributed by atoms with Crippen LogP contribution in [-0.4, -0.2) is 12.5 Å². The van der Waals surface area contributed by atoms with Crippen molar-refractivity contribution in [1.29, 1.82) is 5.26 Å². The fourth-order valence-corrected chi connectivity index (χ4v) is 3.51. The summed E-state index contributed by atoms with van der Waals surface area (Å²) in [5, 5.41) is 16.3. The Morgan fingerprint density at radius 2 is 2.42 bits per heavy atom. The van der Waals surface area contributed by atoms with E-state index in [2.05, 4.69) is 23.6 Å². The molecular formula is C14H19N3OS. The third kappa shape index (κ3) is 2.96. The molecule has 1 aliphatic rings. The topological polar surface area (TPSA) is 64.9 Å². The molecule has 0 bridgehead atoms. The molecule has 102 valence electrons. The largest absolute Gasteiger partial charge is 0.316 e. The highest BCUT2D eigenvalue weighted by Crippen LogP contribution is 2.35. The van der Waals surface area contributed by atoms with Gasteiger partial charge in [-0.05, 0) is 24.9 Å². The Kier molecular flexibility index (Phi) is 4.56. The van der Waals surface area contributed by atoms with Crippen molar-refractivity contribution >= 4 is 22.2 Å². The smallest absolute Gasteiger partial charge is 0.227 e. The number of anilines is 1. The Labute approximate surface area is 117 Å². The minimum absolute atomic E-state index is 0.00574. The molecule has 1 unspecified atom stereocenters. The number of carbonyl (C=O) groups is 1. The van der Waals surface area contributed by atoms with Crippen molar-refractivity contribution in [3.8, 4) is 6.07 Å². The van der Waals surface area contributed by atoms with Crippen LogP contribution >= 0.6 is 11.3 Å². The number of hydrogen-bond donors (Lipinski definition) is 2. The average molecular weight is 277 g/mol. The summed E-state index contributed by atoms with van der Waals surface area (Å²) in [6.07, 6.45) is 2.74. The maximum atomic E-state index is 12.1. The van der Waals surface area contributed by atoms with Gasteiger partial charge in [0, 0.05) is 17.3 Å². The Bertz CT molecular complexity index is 515. The summed E-state index contributed by atoms with van der Waals surface area (Å²) in [5.74, 6) is 0.0127. The molecule has 1 aliphatic heterocycles. The summed E-state index contributed by atoms with van der Waals surface area (Å²) in [5.41, 5.74) is 1.78.